The Morgan fingerprint density at radius 2 is 0.778 bits per heavy atom. The summed E-state index contributed by atoms with van der Waals surface area (Å²) in [6.07, 6.45) is 0.759. The first-order chi connectivity index (χ1) is 21.5. The van der Waals surface area contributed by atoms with E-state index in [0.29, 0.717) is 35.1 Å². The van der Waals surface area contributed by atoms with Crippen molar-refractivity contribution in [2.24, 2.45) is 17.3 Å². The number of benzene rings is 4. The highest BCUT2D eigenvalue weighted by Crippen LogP contribution is 2.48. The van der Waals surface area contributed by atoms with Crippen molar-refractivity contribution in [1.82, 2.24) is 10.6 Å². The van der Waals surface area contributed by atoms with E-state index in [-0.39, 0.29) is 11.8 Å². The molecular formula is C39H44N2O4. The fourth-order valence-corrected chi connectivity index (χ4v) is 6.57. The zero-order valence-corrected chi connectivity index (χ0v) is 26.5. The molecule has 2 amide bonds. The van der Waals surface area contributed by atoms with E-state index in [0.717, 1.165) is 0 Å². The Morgan fingerprint density at radius 1 is 0.533 bits per heavy atom. The van der Waals surface area contributed by atoms with Crippen molar-refractivity contribution in [3.8, 4) is 0 Å². The first-order valence-electron chi connectivity index (χ1n) is 15.8. The minimum atomic E-state index is -1.54. The first kappa shape index (κ1) is 32.1. The van der Waals surface area contributed by atoms with Crippen LogP contribution < -0.4 is 10.6 Å². The van der Waals surface area contributed by atoms with Crippen molar-refractivity contribution in [3.05, 3.63) is 144 Å². The lowest BCUT2D eigenvalue weighted by Crippen LogP contribution is -2.59. The molecule has 1 aliphatic rings. The quantitative estimate of drug-likeness (QED) is 0.151. The second-order valence-electron chi connectivity index (χ2n) is 13.0. The second kappa shape index (κ2) is 13.0. The monoisotopic (exact) mass is 604 g/mol. The largest absolute Gasteiger partial charge is 0.378 e. The number of hydrogen-bond donors (Lipinski definition) is 4. The van der Waals surface area contributed by atoms with E-state index in [4.69, 9.17) is 0 Å². The van der Waals surface area contributed by atoms with Crippen molar-refractivity contribution in [2.75, 3.05) is 0 Å². The Bertz CT molecular complexity index is 1370. The summed E-state index contributed by atoms with van der Waals surface area (Å²) in [4.78, 5) is 28.4. The maximum atomic E-state index is 14.2. The van der Waals surface area contributed by atoms with Gasteiger partial charge < -0.3 is 20.8 Å². The van der Waals surface area contributed by atoms with Crippen LogP contribution in [0.25, 0.3) is 0 Å². The molecule has 2 atom stereocenters. The van der Waals surface area contributed by atoms with Gasteiger partial charge in [-0.1, -0.05) is 149 Å². The molecule has 0 saturated heterocycles. The zero-order chi connectivity index (χ0) is 32.2. The Kier molecular flexibility index (Phi) is 9.28. The third-order valence-electron chi connectivity index (χ3n) is 9.28. The molecule has 1 fully saturated rings. The Labute approximate surface area is 266 Å². The van der Waals surface area contributed by atoms with Crippen LogP contribution in [-0.4, -0.2) is 34.1 Å². The summed E-state index contributed by atoms with van der Waals surface area (Å²) in [7, 11) is 0. The van der Waals surface area contributed by atoms with Crippen molar-refractivity contribution in [3.63, 3.8) is 0 Å². The fourth-order valence-electron chi connectivity index (χ4n) is 6.57. The van der Waals surface area contributed by atoms with Gasteiger partial charge in [-0.2, -0.15) is 0 Å². The number of aliphatic hydroxyl groups is 2. The van der Waals surface area contributed by atoms with E-state index >= 15 is 0 Å². The number of rotatable bonds is 12. The highest BCUT2D eigenvalue weighted by atomic mass is 16.3. The van der Waals surface area contributed by atoms with Gasteiger partial charge in [-0.05, 0) is 46.9 Å². The van der Waals surface area contributed by atoms with Crippen LogP contribution in [0.5, 0.6) is 0 Å². The molecule has 1 saturated carbocycles. The predicted octanol–water partition coefficient (Wildman–Crippen LogP) is 5.92. The highest BCUT2D eigenvalue weighted by molar-refractivity contribution is 6.08. The normalized spacial score (nSPS) is 15.7. The van der Waals surface area contributed by atoms with Gasteiger partial charge in [0, 0.05) is 0 Å². The third kappa shape index (κ3) is 6.05. The SMILES string of the molecule is CC(C)[C@@H](NC(=O)C1(C(=O)N[C@H](C(C)C)C(O)(c2ccccc2)c2ccccc2)CC1)C(O)(c1ccccc1)c1ccccc1. The Balaban J connectivity index is 1.47. The summed E-state index contributed by atoms with van der Waals surface area (Å²) in [5, 5.41) is 31.2. The standard InChI is InChI=1S/C39H44N2O4/c1-27(2)33(38(44,29-17-9-5-10-18-29)30-19-11-6-12-20-30)40-35(42)37(25-26-37)36(43)41-34(28(3)4)39(45,31-21-13-7-14-22-31)32-23-15-8-16-24-32/h5-24,27-28,33-34,44-45H,25-26H2,1-4H3,(H,40,42)(H,41,43)/t33-,34-/m1/s1. The molecule has 0 aliphatic heterocycles. The van der Waals surface area contributed by atoms with Crippen LogP contribution in [0.1, 0.15) is 62.8 Å². The average Bonchev–Trinajstić information content (AvgIpc) is 3.89. The number of nitrogens with one attached hydrogen (secondary N) is 2. The van der Waals surface area contributed by atoms with Crippen LogP contribution in [0.3, 0.4) is 0 Å². The van der Waals surface area contributed by atoms with E-state index in [9.17, 15) is 19.8 Å². The molecule has 0 bridgehead atoms. The van der Waals surface area contributed by atoms with Crippen molar-refractivity contribution >= 4 is 11.8 Å². The Morgan fingerprint density at radius 3 is 0.978 bits per heavy atom. The molecule has 6 heteroatoms. The second-order valence-corrected chi connectivity index (χ2v) is 13.0. The topological polar surface area (TPSA) is 98.7 Å². The summed E-state index contributed by atoms with van der Waals surface area (Å²) < 4.78 is 0. The average molecular weight is 605 g/mol. The van der Waals surface area contributed by atoms with Gasteiger partial charge in [0.15, 0.2) is 0 Å². The van der Waals surface area contributed by atoms with E-state index in [1.807, 2.05) is 149 Å². The number of carbonyl (C=O) groups is 2. The predicted molar refractivity (Wildman–Crippen MR) is 177 cm³/mol. The molecule has 234 valence electrons. The molecular weight excluding hydrogens is 560 g/mol. The maximum absolute atomic E-state index is 14.2. The van der Waals surface area contributed by atoms with E-state index in [1.165, 1.54) is 0 Å². The molecule has 0 radical (unpaired) electrons. The fraction of sp³-hybridized carbons (Fsp3) is 0.333. The smallest absolute Gasteiger partial charge is 0.236 e. The van der Waals surface area contributed by atoms with Crippen LogP contribution in [0, 0.1) is 17.3 Å². The van der Waals surface area contributed by atoms with Gasteiger partial charge in [-0.25, -0.2) is 0 Å². The van der Waals surface area contributed by atoms with Crippen molar-refractivity contribution in [1.29, 1.82) is 0 Å². The molecule has 1 aliphatic carbocycles. The lowest BCUT2D eigenvalue weighted by atomic mass is 9.75. The lowest BCUT2D eigenvalue weighted by molar-refractivity contribution is -0.141. The first-order valence-corrected chi connectivity index (χ1v) is 15.8. The number of carbonyl (C=O) groups excluding carboxylic acids is 2. The summed E-state index contributed by atoms with van der Waals surface area (Å²) >= 11 is 0. The van der Waals surface area contributed by atoms with Gasteiger partial charge in [0.1, 0.15) is 16.6 Å². The van der Waals surface area contributed by atoms with Gasteiger partial charge in [0.2, 0.25) is 11.8 Å². The summed E-state index contributed by atoms with van der Waals surface area (Å²) in [6.45, 7) is 7.82. The van der Waals surface area contributed by atoms with Crippen LogP contribution in [0.4, 0.5) is 0 Å². The van der Waals surface area contributed by atoms with E-state index in [2.05, 4.69) is 10.6 Å². The van der Waals surface area contributed by atoms with Gasteiger partial charge in [0.05, 0.1) is 12.1 Å². The van der Waals surface area contributed by atoms with Crippen molar-refractivity contribution in [2.45, 2.75) is 63.8 Å². The maximum Gasteiger partial charge on any atom is 0.236 e. The van der Waals surface area contributed by atoms with Gasteiger partial charge in [-0.15, -0.1) is 0 Å². The van der Waals surface area contributed by atoms with Crippen molar-refractivity contribution < 1.29 is 19.8 Å². The van der Waals surface area contributed by atoms with Gasteiger partial charge in [0.25, 0.3) is 0 Å². The zero-order valence-electron chi connectivity index (χ0n) is 26.5. The van der Waals surface area contributed by atoms with Crippen LogP contribution >= 0.6 is 0 Å². The Hall–Kier alpha value is -4.26. The van der Waals surface area contributed by atoms with E-state index in [1.54, 1.807) is 0 Å². The van der Waals surface area contributed by atoms with E-state index < -0.39 is 40.5 Å². The molecule has 4 aromatic carbocycles. The highest BCUT2D eigenvalue weighted by Gasteiger charge is 2.59. The third-order valence-corrected chi connectivity index (χ3v) is 9.28. The minimum absolute atomic E-state index is 0.178. The number of hydrogen-bond acceptors (Lipinski definition) is 4. The molecule has 0 spiro atoms. The molecule has 5 rings (SSSR count). The van der Waals surface area contributed by atoms with Crippen LogP contribution in [-0.2, 0) is 20.8 Å². The minimum Gasteiger partial charge on any atom is -0.378 e. The molecule has 0 aromatic heterocycles. The molecule has 6 nitrogen and oxygen atoms in total. The van der Waals surface area contributed by atoms with Gasteiger partial charge in [-0.3, -0.25) is 9.59 Å². The molecule has 0 heterocycles. The molecule has 4 aromatic rings. The number of amides is 2. The van der Waals surface area contributed by atoms with Crippen LogP contribution in [0.2, 0.25) is 0 Å². The lowest BCUT2D eigenvalue weighted by Gasteiger charge is -2.42. The summed E-state index contributed by atoms with van der Waals surface area (Å²) in [5.41, 5.74) is -1.77. The molecule has 45 heavy (non-hydrogen) atoms. The molecule has 4 N–H and O–H groups in total. The summed E-state index contributed by atoms with van der Waals surface area (Å²) in [5.74, 6) is -1.20. The molecule has 0 unspecified atom stereocenters. The van der Waals surface area contributed by atoms with Crippen LogP contribution in [0.15, 0.2) is 121 Å². The van der Waals surface area contributed by atoms with Gasteiger partial charge >= 0.3 is 0 Å². The summed E-state index contributed by atoms with van der Waals surface area (Å²) in [6, 6.07) is 35.9.